The maximum atomic E-state index is 8.73. The van der Waals surface area contributed by atoms with Crippen molar-refractivity contribution in [3.8, 4) is 6.07 Å². The molecule has 2 nitrogen and oxygen atoms in total. The maximum absolute atomic E-state index is 8.73. The highest BCUT2D eigenvalue weighted by molar-refractivity contribution is 6.32. The summed E-state index contributed by atoms with van der Waals surface area (Å²) in [5.41, 5.74) is 1.50. The van der Waals surface area contributed by atoms with Gasteiger partial charge in [-0.2, -0.15) is 5.26 Å². The fourth-order valence-electron chi connectivity index (χ4n) is 1.42. The van der Waals surface area contributed by atoms with Gasteiger partial charge in [0.1, 0.15) is 6.07 Å². The van der Waals surface area contributed by atoms with Crippen molar-refractivity contribution < 1.29 is 0 Å². The number of halogens is 1. The van der Waals surface area contributed by atoms with Crippen LogP contribution in [0.1, 0.15) is 32.3 Å². The van der Waals surface area contributed by atoms with Crippen molar-refractivity contribution >= 4 is 17.3 Å². The van der Waals surface area contributed by atoms with E-state index in [1.165, 1.54) is 0 Å². The van der Waals surface area contributed by atoms with E-state index in [-0.39, 0.29) is 0 Å². The zero-order valence-electron chi connectivity index (χ0n) is 9.05. The van der Waals surface area contributed by atoms with Crippen LogP contribution in [0, 0.1) is 11.3 Å². The quantitative estimate of drug-likeness (QED) is 0.841. The second-order valence-corrected chi connectivity index (χ2v) is 3.87. The van der Waals surface area contributed by atoms with Crippen LogP contribution in [0.25, 0.3) is 0 Å². The van der Waals surface area contributed by atoms with E-state index in [2.05, 4.69) is 19.2 Å². The van der Waals surface area contributed by atoms with E-state index >= 15 is 0 Å². The van der Waals surface area contributed by atoms with E-state index in [4.69, 9.17) is 16.9 Å². The summed E-state index contributed by atoms with van der Waals surface area (Å²) in [4.78, 5) is 0. The Morgan fingerprint density at radius 2 is 2.07 bits per heavy atom. The molecule has 0 aliphatic heterocycles. The largest absolute Gasteiger partial charge is 0.382 e. The molecule has 0 saturated heterocycles. The van der Waals surface area contributed by atoms with Crippen molar-refractivity contribution in [1.82, 2.24) is 0 Å². The molecule has 0 fully saturated rings. The molecule has 0 spiro atoms. The van der Waals surface area contributed by atoms with Gasteiger partial charge in [0.2, 0.25) is 0 Å². The maximum Gasteiger partial charge on any atom is 0.101 e. The van der Waals surface area contributed by atoms with E-state index in [0.29, 0.717) is 16.6 Å². The first-order chi connectivity index (χ1) is 7.21. The minimum Gasteiger partial charge on any atom is -0.382 e. The molecule has 0 aliphatic rings. The summed E-state index contributed by atoms with van der Waals surface area (Å²) in [6, 6.07) is 7.95. The Bertz CT molecular complexity index is 364. The van der Waals surface area contributed by atoms with E-state index in [1.807, 2.05) is 12.1 Å². The Kier molecular flexibility index (Phi) is 4.45. The molecule has 0 aromatic heterocycles. The lowest BCUT2D eigenvalue weighted by Crippen LogP contribution is -2.16. The number of nitrogens with zero attached hydrogens (tertiary/aromatic N) is 1. The van der Waals surface area contributed by atoms with Gasteiger partial charge < -0.3 is 5.32 Å². The Morgan fingerprint density at radius 1 is 1.40 bits per heavy atom. The van der Waals surface area contributed by atoms with Crippen LogP contribution in [0.4, 0.5) is 5.69 Å². The lowest BCUT2D eigenvalue weighted by atomic mass is 10.1. The smallest absolute Gasteiger partial charge is 0.101 e. The minimum absolute atomic E-state index is 0.467. The van der Waals surface area contributed by atoms with Crippen LogP contribution >= 0.6 is 11.6 Å². The molecule has 0 aliphatic carbocycles. The molecule has 15 heavy (non-hydrogen) atoms. The lowest BCUT2D eigenvalue weighted by Gasteiger charge is -2.16. The Morgan fingerprint density at radius 3 is 2.53 bits per heavy atom. The average Bonchev–Trinajstić information content (AvgIpc) is 2.26. The van der Waals surface area contributed by atoms with Gasteiger partial charge in [-0.05, 0) is 31.0 Å². The normalized spacial score (nSPS) is 10.1. The van der Waals surface area contributed by atoms with Crippen LogP contribution in [0.2, 0.25) is 5.02 Å². The number of rotatable bonds is 4. The molecule has 0 amide bonds. The Hall–Kier alpha value is -1.20. The highest BCUT2D eigenvalue weighted by Gasteiger charge is 2.05. The predicted octanol–water partition coefficient (Wildman–Crippen LogP) is 3.81. The van der Waals surface area contributed by atoms with Gasteiger partial charge in [-0.25, -0.2) is 0 Å². The zero-order chi connectivity index (χ0) is 11.3. The van der Waals surface area contributed by atoms with Gasteiger partial charge >= 0.3 is 0 Å². The predicted molar refractivity (Wildman–Crippen MR) is 64.2 cm³/mol. The summed E-state index contributed by atoms with van der Waals surface area (Å²) in [7, 11) is 0. The second-order valence-electron chi connectivity index (χ2n) is 3.46. The highest BCUT2D eigenvalue weighted by Crippen LogP contribution is 2.21. The van der Waals surface area contributed by atoms with E-state index in [9.17, 15) is 0 Å². The first-order valence-electron chi connectivity index (χ1n) is 5.17. The van der Waals surface area contributed by atoms with Crippen molar-refractivity contribution in [2.45, 2.75) is 32.7 Å². The molecule has 1 rings (SSSR count). The number of benzene rings is 1. The lowest BCUT2D eigenvalue weighted by molar-refractivity contribution is 0.672. The molecular weight excluding hydrogens is 208 g/mol. The summed E-state index contributed by atoms with van der Waals surface area (Å²) in [5.74, 6) is 0. The molecule has 1 aromatic carbocycles. The zero-order valence-corrected chi connectivity index (χ0v) is 9.80. The van der Waals surface area contributed by atoms with Crippen molar-refractivity contribution in [1.29, 1.82) is 5.26 Å². The van der Waals surface area contributed by atoms with E-state index in [1.54, 1.807) is 12.1 Å². The molecular formula is C12H15ClN2. The molecule has 0 saturated carbocycles. The van der Waals surface area contributed by atoms with Gasteiger partial charge in [-0.15, -0.1) is 0 Å². The first-order valence-corrected chi connectivity index (χ1v) is 5.55. The van der Waals surface area contributed by atoms with Gasteiger partial charge in [-0.3, -0.25) is 0 Å². The van der Waals surface area contributed by atoms with Crippen LogP contribution in [-0.4, -0.2) is 6.04 Å². The summed E-state index contributed by atoms with van der Waals surface area (Å²) in [6.07, 6.45) is 2.16. The molecule has 3 heteroatoms. The molecule has 1 aromatic rings. The Balaban J connectivity index is 2.80. The number of hydrogen-bond donors (Lipinski definition) is 1. The third kappa shape index (κ3) is 3.14. The third-order valence-electron chi connectivity index (χ3n) is 2.45. The fourth-order valence-corrected chi connectivity index (χ4v) is 1.65. The second kappa shape index (κ2) is 5.63. The standard InChI is InChI=1S/C12H15ClN2/c1-3-10(4-2)15-11-6-5-9(8-14)12(13)7-11/h5-7,10,15H,3-4H2,1-2H3. The molecule has 0 heterocycles. The summed E-state index contributed by atoms with van der Waals surface area (Å²) in [5, 5.41) is 12.6. The summed E-state index contributed by atoms with van der Waals surface area (Å²) < 4.78 is 0. The average molecular weight is 223 g/mol. The van der Waals surface area contributed by atoms with Crippen molar-refractivity contribution in [3.63, 3.8) is 0 Å². The summed E-state index contributed by atoms with van der Waals surface area (Å²) in [6.45, 7) is 4.29. The number of nitriles is 1. The molecule has 0 bridgehead atoms. The van der Waals surface area contributed by atoms with Crippen LogP contribution in [0.5, 0.6) is 0 Å². The van der Waals surface area contributed by atoms with Gasteiger partial charge in [0.15, 0.2) is 0 Å². The first kappa shape index (κ1) is 11.9. The molecule has 0 unspecified atom stereocenters. The van der Waals surface area contributed by atoms with Crippen LogP contribution < -0.4 is 5.32 Å². The van der Waals surface area contributed by atoms with E-state index in [0.717, 1.165) is 18.5 Å². The summed E-state index contributed by atoms with van der Waals surface area (Å²) >= 11 is 5.94. The third-order valence-corrected chi connectivity index (χ3v) is 2.76. The van der Waals surface area contributed by atoms with Crippen LogP contribution in [-0.2, 0) is 0 Å². The highest BCUT2D eigenvalue weighted by atomic mass is 35.5. The minimum atomic E-state index is 0.467. The number of nitrogens with one attached hydrogen (secondary N) is 1. The van der Waals surface area contributed by atoms with Gasteiger partial charge in [0.05, 0.1) is 10.6 Å². The fraction of sp³-hybridized carbons (Fsp3) is 0.417. The monoisotopic (exact) mass is 222 g/mol. The van der Waals surface area contributed by atoms with Gasteiger partial charge in [0, 0.05) is 11.7 Å². The topological polar surface area (TPSA) is 35.8 Å². The molecule has 1 N–H and O–H groups in total. The molecule has 0 radical (unpaired) electrons. The van der Waals surface area contributed by atoms with Crippen molar-refractivity contribution in [3.05, 3.63) is 28.8 Å². The van der Waals surface area contributed by atoms with Crippen LogP contribution in [0.15, 0.2) is 18.2 Å². The molecule has 0 atom stereocenters. The van der Waals surface area contributed by atoms with Crippen LogP contribution in [0.3, 0.4) is 0 Å². The number of anilines is 1. The molecule has 80 valence electrons. The van der Waals surface area contributed by atoms with Crippen molar-refractivity contribution in [2.75, 3.05) is 5.32 Å². The Labute approximate surface area is 95.9 Å². The van der Waals surface area contributed by atoms with Gasteiger partial charge in [0.25, 0.3) is 0 Å². The number of hydrogen-bond acceptors (Lipinski definition) is 2. The van der Waals surface area contributed by atoms with Gasteiger partial charge in [-0.1, -0.05) is 25.4 Å². The SMILES string of the molecule is CCC(CC)Nc1ccc(C#N)c(Cl)c1. The van der Waals surface area contributed by atoms with Crippen molar-refractivity contribution in [2.24, 2.45) is 0 Å². The van der Waals surface area contributed by atoms with E-state index < -0.39 is 0 Å².